The molecule has 1 aliphatic carbocycles. The van der Waals surface area contributed by atoms with Crippen LogP contribution in [0.5, 0.6) is 0 Å². The molecular weight excluding hydrogens is 360 g/mol. The molecule has 1 aromatic carbocycles. The molecule has 0 unspecified atom stereocenters. The van der Waals surface area contributed by atoms with Crippen molar-refractivity contribution < 1.29 is 4.79 Å². The maximum absolute atomic E-state index is 12.4. The van der Waals surface area contributed by atoms with E-state index >= 15 is 0 Å². The third-order valence-corrected chi connectivity index (χ3v) is 5.41. The average Bonchev–Trinajstić information content (AvgIpc) is 3.23. The second-order valence-corrected chi connectivity index (χ2v) is 7.56. The summed E-state index contributed by atoms with van der Waals surface area (Å²) in [5, 5.41) is 16.1. The van der Waals surface area contributed by atoms with Crippen molar-refractivity contribution in [2.24, 2.45) is 0 Å². The molecule has 1 heterocycles. The van der Waals surface area contributed by atoms with Gasteiger partial charge in [0.25, 0.3) is 0 Å². The monoisotopic (exact) mass is 380 g/mol. The van der Waals surface area contributed by atoms with E-state index < -0.39 is 0 Å². The molecule has 0 radical (unpaired) electrons. The number of halogens is 1. The molecule has 3 rings (SSSR count). The molecule has 0 saturated heterocycles. The highest BCUT2D eigenvalue weighted by molar-refractivity contribution is 7.99. The van der Waals surface area contributed by atoms with Crippen molar-refractivity contribution in [3.63, 3.8) is 0 Å². The number of thioether (sulfide) groups is 1. The Morgan fingerprint density at radius 1 is 1.40 bits per heavy atom. The number of nitrogens with zero attached hydrogens (tertiary/aromatic N) is 5. The minimum Gasteiger partial charge on any atom is -0.375 e. The lowest BCUT2D eigenvalue weighted by Gasteiger charge is -2.19. The predicted octanol–water partition coefficient (Wildman–Crippen LogP) is 3.24. The number of tetrazole rings is 1. The summed E-state index contributed by atoms with van der Waals surface area (Å²) in [4.78, 5) is 14.2. The summed E-state index contributed by atoms with van der Waals surface area (Å²) in [7, 11) is 3.78. The van der Waals surface area contributed by atoms with E-state index in [1.165, 1.54) is 24.6 Å². The summed E-state index contributed by atoms with van der Waals surface area (Å²) in [6.07, 6.45) is 4.60. The standard InChI is InChI=1S/C16H21ClN6OS/c1-22(2)15-12(17)8-5-9-13(15)18-14(24)10-25-16-19-20-21-23(16)11-6-3-4-7-11/h5,8-9,11H,3-4,6-7,10H2,1-2H3,(H,18,24). The van der Waals surface area contributed by atoms with E-state index in [0.717, 1.165) is 18.5 Å². The van der Waals surface area contributed by atoms with E-state index in [1.54, 1.807) is 6.07 Å². The zero-order chi connectivity index (χ0) is 17.8. The summed E-state index contributed by atoms with van der Waals surface area (Å²) < 4.78 is 1.86. The lowest BCUT2D eigenvalue weighted by molar-refractivity contribution is -0.113. The highest BCUT2D eigenvalue weighted by Crippen LogP contribution is 2.33. The van der Waals surface area contributed by atoms with Crippen molar-refractivity contribution in [1.82, 2.24) is 20.2 Å². The molecule has 0 aliphatic heterocycles. The molecule has 0 spiro atoms. The van der Waals surface area contributed by atoms with E-state index in [-0.39, 0.29) is 11.7 Å². The zero-order valence-electron chi connectivity index (χ0n) is 14.3. The van der Waals surface area contributed by atoms with E-state index in [2.05, 4.69) is 20.8 Å². The number of aromatic nitrogens is 4. The molecule has 9 heteroatoms. The first-order chi connectivity index (χ1) is 12.1. The number of hydrogen-bond acceptors (Lipinski definition) is 6. The quantitative estimate of drug-likeness (QED) is 0.775. The van der Waals surface area contributed by atoms with Gasteiger partial charge in [-0.3, -0.25) is 4.79 Å². The topological polar surface area (TPSA) is 75.9 Å². The van der Waals surface area contributed by atoms with Gasteiger partial charge < -0.3 is 10.2 Å². The Kier molecular flexibility index (Phi) is 5.80. The van der Waals surface area contributed by atoms with Crippen LogP contribution in [0.1, 0.15) is 31.7 Å². The molecule has 1 N–H and O–H groups in total. The van der Waals surface area contributed by atoms with Crippen molar-refractivity contribution in [2.75, 3.05) is 30.1 Å². The second kappa shape index (κ2) is 8.05. The number of carbonyl (C=O) groups is 1. The van der Waals surface area contributed by atoms with E-state index in [1.807, 2.05) is 35.8 Å². The Morgan fingerprint density at radius 3 is 2.88 bits per heavy atom. The Balaban J connectivity index is 1.63. The molecule has 1 fully saturated rings. The largest absolute Gasteiger partial charge is 0.375 e. The number of benzene rings is 1. The van der Waals surface area contributed by atoms with Gasteiger partial charge in [0, 0.05) is 14.1 Å². The molecule has 7 nitrogen and oxygen atoms in total. The van der Waals surface area contributed by atoms with Gasteiger partial charge in [-0.2, -0.15) is 0 Å². The minimum atomic E-state index is -0.115. The van der Waals surface area contributed by atoms with Crippen LogP contribution in [-0.4, -0.2) is 46.0 Å². The van der Waals surface area contributed by atoms with Crippen molar-refractivity contribution >= 4 is 40.6 Å². The van der Waals surface area contributed by atoms with E-state index in [4.69, 9.17) is 11.6 Å². The van der Waals surface area contributed by atoms with Crippen molar-refractivity contribution in [3.05, 3.63) is 23.2 Å². The first kappa shape index (κ1) is 18.0. The van der Waals surface area contributed by atoms with Crippen LogP contribution in [0, 0.1) is 0 Å². The van der Waals surface area contributed by atoms with Crippen LogP contribution in [0.15, 0.2) is 23.4 Å². The summed E-state index contributed by atoms with van der Waals surface area (Å²) in [5.74, 6) is 0.128. The number of amides is 1. The van der Waals surface area contributed by atoms with Crippen LogP contribution >= 0.6 is 23.4 Å². The smallest absolute Gasteiger partial charge is 0.234 e. The zero-order valence-corrected chi connectivity index (χ0v) is 15.8. The minimum absolute atomic E-state index is 0.115. The number of rotatable bonds is 6. The van der Waals surface area contributed by atoms with Crippen LogP contribution in [0.3, 0.4) is 0 Å². The van der Waals surface area contributed by atoms with Crippen molar-refractivity contribution in [3.8, 4) is 0 Å². The maximum Gasteiger partial charge on any atom is 0.234 e. The molecule has 0 atom stereocenters. The number of nitrogens with one attached hydrogen (secondary N) is 1. The molecular formula is C16H21ClN6OS. The SMILES string of the molecule is CN(C)c1c(Cl)cccc1NC(=O)CSc1nnnn1C1CCCC1. The molecule has 1 saturated carbocycles. The van der Waals surface area contributed by atoms with E-state index in [9.17, 15) is 4.79 Å². The number of para-hydroxylation sites is 1. The first-order valence-electron chi connectivity index (χ1n) is 8.22. The van der Waals surface area contributed by atoms with Gasteiger partial charge in [0.1, 0.15) is 0 Å². The molecule has 2 aromatic rings. The Morgan fingerprint density at radius 2 is 2.16 bits per heavy atom. The average molecular weight is 381 g/mol. The molecule has 25 heavy (non-hydrogen) atoms. The first-order valence-corrected chi connectivity index (χ1v) is 9.59. The summed E-state index contributed by atoms with van der Waals surface area (Å²) in [6.45, 7) is 0. The van der Waals surface area contributed by atoms with Crippen LogP contribution in [0.2, 0.25) is 5.02 Å². The third kappa shape index (κ3) is 4.24. The second-order valence-electron chi connectivity index (χ2n) is 6.21. The van der Waals surface area contributed by atoms with Crippen LogP contribution in [-0.2, 0) is 4.79 Å². The Bertz CT molecular complexity index is 744. The Labute approximate surface area is 156 Å². The lowest BCUT2D eigenvalue weighted by atomic mass is 10.2. The molecule has 1 aliphatic rings. The number of anilines is 2. The van der Waals surface area contributed by atoms with Gasteiger partial charge in [0.2, 0.25) is 11.1 Å². The highest BCUT2D eigenvalue weighted by atomic mass is 35.5. The van der Waals surface area contributed by atoms with Gasteiger partial charge in [0.05, 0.1) is 28.2 Å². The lowest BCUT2D eigenvalue weighted by Crippen LogP contribution is -2.19. The van der Waals surface area contributed by atoms with Crippen molar-refractivity contribution in [2.45, 2.75) is 36.9 Å². The van der Waals surface area contributed by atoms with Gasteiger partial charge in [-0.15, -0.1) is 5.10 Å². The molecule has 1 amide bonds. The van der Waals surface area contributed by atoms with Gasteiger partial charge in [-0.05, 0) is 35.4 Å². The van der Waals surface area contributed by atoms with E-state index in [0.29, 0.717) is 21.9 Å². The van der Waals surface area contributed by atoms with Crippen LogP contribution in [0.25, 0.3) is 0 Å². The number of carbonyl (C=O) groups excluding carboxylic acids is 1. The Hall–Kier alpha value is -1.80. The summed E-state index contributed by atoms with van der Waals surface area (Å²) in [6, 6.07) is 5.82. The predicted molar refractivity (Wildman–Crippen MR) is 100 cm³/mol. The molecule has 1 aromatic heterocycles. The van der Waals surface area contributed by atoms with Crippen molar-refractivity contribution in [1.29, 1.82) is 0 Å². The highest BCUT2D eigenvalue weighted by Gasteiger charge is 2.22. The van der Waals surface area contributed by atoms with Gasteiger partial charge in [-0.1, -0.05) is 42.3 Å². The maximum atomic E-state index is 12.4. The van der Waals surface area contributed by atoms with Gasteiger partial charge >= 0.3 is 0 Å². The van der Waals surface area contributed by atoms with Crippen LogP contribution < -0.4 is 10.2 Å². The normalized spacial score (nSPS) is 14.7. The van der Waals surface area contributed by atoms with Gasteiger partial charge in [0.15, 0.2) is 0 Å². The van der Waals surface area contributed by atoms with Crippen LogP contribution in [0.4, 0.5) is 11.4 Å². The summed E-state index contributed by atoms with van der Waals surface area (Å²) >= 11 is 7.59. The third-order valence-electron chi connectivity index (χ3n) is 4.17. The molecule has 134 valence electrons. The fourth-order valence-electron chi connectivity index (χ4n) is 3.05. The summed E-state index contributed by atoms with van der Waals surface area (Å²) in [5.41, 5.74) is 1.48. The fourth-order valence-corrected chi connectivity index (χ4v) is 4.13. The fraction of sp³-hybridized carbons (Fsp3) is 0.500. The molecule has 0 bridgehead atoms. The van der Waals surface area contributed by atoms with Gasteiger partial charge in [-0.25, -0.2) is 4.68 Å². The number of hydrogen-bond donors (Lipinski definition) is 1.